The second kappa shape index (κ2) is 5.20. The van der Waals surface area contributed by atoms with Crippen LogP contribution in [-0.2, 0) is 7.05 Å². The standard InChI is InChI=1S/C22H23N2/c1-14-9-10-21-18(11-14)19-12-15(2)13-23(5)22(19)24(21)20-8-6-7-16(3)17(20)4/h6-13H,1-5H3/q+1. The first-order valence-electron chi connectivity index (χ1n) is 8.45. The molecule has 0 bridgehead atoms. The fourth-order valence-corrected chi connectivity index (χ4v) is 3.76. The van der Waals surface area contributed by atoms with Crippen molar-refractivity contribution in [1.29, 1.82) is 0 Å². The Morgan fingerprint density at radius 1 is 0.833 bits per heavy atom. The Balaban J connectivity index is 2.27. The summed E-state index contributed by atoms with van der Waals surface area (Å²) in [5.74, 6) is 0. The fourth-order valence-electron chi connectivity index (χ4n) is 3.76. The number of hydrogen-bond acceptors (Lipinski definition) is 0. The lowest BCUT2D eigenvalue weighted by Crippen LogP contribution is -2.31. The van der Waals surface area contributed by atoms with Gasteiger partial charge in [-0.15, -0.1) is 0 Å². The van der Waals surface area contributed by atoms with Gasteiger partial charge in [0, 0.05) is 5.39 Å². The van der Waals surface area contributed by atoms with Crippen LogP contribution in [0.3, 0.4) is 0 Å². The summed E-state index contributed by atoms with van der Waals surface area (Å²) in [5.41, 5.74) is 9.01. The molecule has 0 spiro atoms. The van der Waals surface area contributed by atoms with E-state index in [4.69, 9.17) is 0 Å². The van der Waals surface area contributed by atoms with E-state index < -0.39 is 0 Å². The van der Waals surface area contributed by atoms with Crippen LogP contribution in [0.5, 0.6) is 0 Å². The molecular weight excluding hydrogens is 292 g/mol. The van der Waals surface area contributed by atoms with Gasteiger partial charge < -0.3 is 0 Å². The Morgan fingerprint density at radius 3 is 2.38 bits per heavy atom. The smallest absolute Gasteiger partial charge is 0.236 e. The first-order valence-corrected chi connectivity index (χ1v) is 8.45. The molecule has 2 aromatic carbocycles. The Kier molecular flexibility index (Phi) is 3.24. The molecule has 0 aliphatic rings. The van der Waals surface area contributed by atoms with Gasteiger partial charge in [-0.2, -0.15) is 4.57 Å². The monoisotopic (exact) mass is 315 g/mol. The van der Waals surface area contributed by atoms with Crippen molar-refractivity contribution in [1.82, 2.24) is 4.57 Å². The fraction of sp³-hybridized carbons (Fsp3) is 0.227. The molecule has 2 heteroatoms. The second-order valence-electron chi connectivity index (χ2n) is 6.94. The summed E-state index contributed by atoms with van der Waals surface area (Å²) < 4.78 is 4.66. The van der Waals surface area contributed by atoms with Crippen molar-refractivity contribution in [3.8, 4) is 5.69 Å². The molecular formula is C22H23N2+. The van der Waals surface area contributed by atoms with Crippen molar-refractivity contribution >= 4 is 21.9 Å². The third-order valence-electron chi connectivity index (χ3n) is 5.06. The molecule has 0 unspecified atom stereocenters. The predicted molar refractivity (Wildman–Crippen MR) is 101 cm³/mol. The first kappa shape index (κ1) is 14.9. The van der Waals surface area contributed by atoms with Crippen molar-refractivity contribution in [2.75, 3.05) is 0 Å². The molecule has 0 saturated heterocycles. The molecule has 0 fully saturated rings. The Labute approximate surface area is 143 Å². The number of nitrogens with zero attached hydrogens (tertiary/aromatic N) is 2. The van der Waals surface area contributed by atoms with Gasteiger partial charge in [0.05, 0.1) is 18.6 Å². The summed E-state index contributed by atoms with van der Waals surface area (Å²) in [6.45, 7) is 8.72. The topological polar surface area (TPSA) is 8.81 Å². The average molecular weight is 315 g/mol. The molecule has 0 aliphatic carbocycles. The Morgan fingerprint density at radius 2 is 1.58 bits per heavy atom. The minimum absolute atomic E-state index is 1.25. The van der Waals surface area contributed by atoms with Crippen molar-refractivity contribution in [2.24, 2.45) is 7.05 Å². The predicted octanol–water partition coefficient (Wildman–Crippen LogP) is 4.84. The van der Waals surface area contributed by atoms with Gasteiger partial charge in [0.25, 0.3) is 5.65 Å². The summed E-state index contributed by atoms with van der Waals surface area (Å²) in [6.07, 6.45) is 2.20. The highest BCUT2D eigenvalue weighted by Gasteiger charge is 2.23. The van der Waals surface area contributed by atoms with Crippen LogP contribution in [-0.4, -0.2) is 4.57 Å². The molecule has 2 heterocycles. The number of benzene rings is 2. The molecule has 0 radical (unpaired) electrons. The number of pyridine rings is 1. The highest BCUT2D eigenvalue weighted by atomic mass is 15.1. The highest BCUT2D eigenvalue weighted by Crippen LogP contribution is 2.32. The molecule has 2 nitrogen and oxygen atoms in total. The molecule has 0 aliphatic heterocycles. The van der Waals surface area contributed by atoms with E-state index in [9.17, 15) is 0 Å². The summed E-state index contributed by atoms with van der Waals surface area (Å²) >= 11 is 0. The number of aromatic nitrogens is 2. The van der Waals surface area contributed by atoms with E-state index >= 15 is 0 Å². The normalized spacial score (nSPS) is 11.5. The summed E-state index contributed by atoms with van der Waals surface area (Å²) in [4.78, 5) is 0. The molecule has 0 saturated carbocycles. The van der Waals surface area contributed by atoms with Gasteiger partial charge in [-0.3, -0.25) is 0 Å². The van der Waals surface area contributed by atoms with Crippen LogP contribution in [0.2, 0.25) is 0 Å². The van der Waals surface area contributed by atoms with Crippen LogP contribution in [0.25, 0.3) is 27.6 Å². The SMILES string of the molecule is Cc1ccc2c(c1)c1cc(C)c[n+](C)c1n2-c1cccc(C)c1C. The zero-order valence-electron chi connectivity index (χ0n) is 15.0. The van der Waals surface area contributed by atoms with E-state index in [-0.39, 0.29) is 0 Å². The van der Waals surface area contributed by atoms with Gasteiger partial charge in [0.1, 0.15) is 11.2 Å². The van der Waals surface area contributed by atoms with E-state index in [2.05, 4.69) is 92.5 Å². The van der Waals surface area contributed by atoms with Crippen molar-refractivity contribution in [3.63, 3.8) is 0 Å². The zero-order chi connectivity index (χ0) is 17.0. The van der Waals surface area contributed by atoms with E-state index in [1.165, 1.54) is 49.9 Å². The van der Waals surface area contributed by atoms with E-state index in [1.807, 2.05) is 0 Å². The summed E-state index contributed by atoms with van der Waals surface area (Å²) in [6, 6.07) is 15.6. The van der Waals surface area contributed by atoms with Gasteiger partial charge in [-0.05, 0) is 68.7 Å². The Hall–Kier alpha value is -2.61. The van der Waals surface area contributed by atoms with Crippen LogP contribution >= 0.6 is 0 Å². The third kappa shape index (κ3) is 2.06. The number of rotatable bonds is 1. The second-order valence-corrected chi connectivity index (χ2v) is 6.94. The maximum Gasteiger partial charge on any atom is 0.294 e. The average Bonchev–Trinajstić information content (AvgIpc) is 2.84. The lowest BCUT2D eigenvalue weighted by Gasteiger charge is -2.08. The largest absolute Gasteiger partial charge is 0.294 e. The lowest BCUT2D eigenvalue weighted by molar-refractivity contribution is -0.647. The van der Waals surface area contributed by atoms with Gasteiger partial charge >= 0.3 is 0 Å². The van der Waals surface area contributed by atoms with E-state index in [0.29, 0.717) is 0 Å². The summed E-state index contributed by atoms with van der Waals surface area (Å²) in [5, 5.41) is 2.64. The van der Waals surface area contributed by atoms with Gasteiger partial charge in [-0.1, -0.05) is 23.8 Å². The molecule has 0 N–H and O–H groups in total. The number of fused-ring (bicyclic) bond motifs is 3. The molecule has 0 atom stereocenters. The number of aryl methyl sites for hydroxylation is 4. The van der Waals surface area contributed by atoms with Gasteiger partial charge in [-0.25, -0.2) is 4.57 Å². The number of hydrogen-bond donors (Lipinski definition) is 0. The first-order chi connectivity index (χ1) is 11.5. The molecule has 0 amide bonds. The van der Waals surface area contributed by atoms with Gasteiger partial charge in [0.15, 0.2) is 0 Å². The minimum Gasteiger partial charge on any atom is -0.236 e. The lowest BCUT2D eigenvalue weighted by atomic mass is 10.1. The molecule has 120 valence electrons. The van der Waals surface area contributed by atoms with E-state index in [0.717, 1.165) is 0 Å². The molecule has 4 rings (SSSR count). The quantitative estimate of drug-likeness (QED) is 0.444. The van der Waals surface area contributed by atoms with Crippen LogP contribution < -0.4 is 4.57 Å². The molecule has 24 heavy (non-hydrogen) atoms. The van der Waals surface area contributed by atoms with E-state index in [1.54, 1.807) is 0 Å². The minimum atomic E-state index is 1.25. The Bertz CT molecular complexity index is 1100. The van der Waals surface area contributed by atoms with Crippen LogP contribution in [0.15, 0.2) is 48.7 Å². The van der Waals surface area contributed by atoms with Crippen LogP contribution in [0.4, 0.5) is 0 Å². The third-order valence-corrected chi connectivity index (χ3v) is 5.06. The maximum atomic E-state index is 2.41. The van der Waals surface area contributed by atoms with Crippen LogP contribution in [0, 0.1) is 27.7 Å². The molecule has 2 aromatic heterocycles. The van der Waals surface area contributed by atoms with Crippen LogP contribution in [0.1, 0.15) is 22.3 Å². The van der Waals surface area contributed by atoms with Gasteiger partial charge in [0.2, 0.25) is 0 Å². The molecule has 4 aromatic rings. The van der Waals surface area contributed by atoms with Crippen molar-refractivity contribution in [2.45, 2.75) is 27.7 Å². The van der Waals surface area contributed by atoms with Crippen molar-refractivity contribution < 1.29 is 4.57 Å². The van der Waals surface area contributed by atoms with Crippen molar-refractivity contribution in [3.05, 3.63) is 70.9 Å². The zero-order valence-corrected chi connectivity index (χ0v) is 15.0. The highest BCUT2D eigenvalue weighted by molar-refractivity contribution is 6.07. The maximum absolute atomic E-state index is 2.41. The summed E-state index contributed by atoms with van der Waals surface area (Å²) in [7, 11) is 2.14.